The maximum Gasteiger partial charge on any atom is 0.314 e. The molecule has 1 aliphatic carbocycles. The molecule has 3 atom stereocenters. The molecule has 0 spiro atoms. The molecule has 0 aromatic carbocycles. The number of carboxylic acid groups (broad SMARTS) is 1. The van der Waals surface area contributed by atoms with Crippen LogP contribution in [0.25, 0.3) is 0 Å². The molecule has 3 N–H and O–H groups in total. The highest BCUT2D eigenvalue weighted by molar-refractivity contribution is 5.74. The first kappa shape index (κ1) is 15.1. The molecular weight excluding hydrogens is 260 g/mol. The number of carbonyl (C=O) groups excluding carboxylic acids is 1. The summed E-state index contributed by atoms with van der Waals surface area (Å²) in [6.07, 6.45) is 5.89. The second-order valence-corrected chi connectivity index (χ2v) is 5.72. The summed E-state index contributed by atoms with van der Waals surface area (Å²) in [4.78, 5) is 22.7. The van der Waals surface area contributed by atoms with Crippen molar-refractivity contribution >= 4 is 12.0 Å². The molecule has 3 unspecified atom stereocenters. The first-order valence-corrected chi connectivity index (χ1v) is 7.53. The Bertz CT molecular complexity index is 342. The van der Waals surface area contributed by atoms with Crippen LogP contribution in [0.1, 0.15) is 38.5 Å². The lowest BCUT2D eigenvalue weighted by atomic mass is 9.96. The highest BCUT2D eigenvalue weighted by atomic mass is 16.5. The average Bonchev–Trinajstić information content (AvgIpc) is 2.92. The number of hydrogen-bond acceptors (Lipinski definition) is 3. The Kier molecular flexibility index (Phi) is 5.64. The summed E-state index contributed by atoms with van der Waals surface area (Å²) in [6, 6.07) is -0.227. The molecule has 2 aliphatic rings. The third-order valence-electron chi connectivity index (χ3n) is 4.27. The molecule has 1 saturated carbocycles. The fraction of sp³-hybridized carbons (Fsp3) is 0.857. The van der Waals surface area contributed by atoms with Gasteiger partial charge in [-0.3, -0.25) is 4.79 Å². The molecule has 20 heavy (non-hydrogen) atoms. The van der Waals surface area contributed by atoms with Gasteiger partial charge in [0.1, 0.15) is 0 Å². The zero-order valence-corrected chi connectivity index (χ0v) is 11.8. The van der Waals surface area contributed by atoms with Crippen molar-refractivity contribution in [2.24, 2.45) is 11.8 Å². The van der Waals surface area contributed by atoms with Gasteiger partial charge in [-0.2, -0.15) is 0 Å². The highest BCUT2D eigenvalue weighted by Gasteiger charge is 2.32. The number of nitrogens with one attached hydrogen (secondary N) is 2. The molecular formula is C14H24N2O4. The minimum Gasteiger partial charge on any atom is -0.481 e. The fourth-order valence-corrected chi connectivity index (χ4v) is 3.07. The van der Waals surface area contributed by atoms with Crippen LogP contribution in [0.15, 0.2) is 0 Å². The van der Waals surface area contributed by atoms with E-state index in [1.165, 1.54) is 0 Å². The summed E-state index contributed by atoms with van der Waals surface area (Å²) in [7, 11) is 0. The van der Waals surface area contributed by atoms with Crippen LogP contribution >= 0.6 is 0 Å². The third kappa shape index (κ3) is 4.37. The second-order valence-electron chi connectivity index (χ2n) is 5.72. The summed E-state index contributed by atoms with van der Waals surface area (Å²) >= 11 is 0. The highest BCUT2D eigenvalue weighted by Crippen LogP contribution is 2.31. The number of amides is 2. The van der Waals surface area contributed by atoms with E-state index < -0.39 is 5.97 Å². The summed E-state index contributed by atoms with van der Waals surface area (Å²) in [5, 5.41) is 14.7. The Morgan fingerprint density at radius 1 is 1.05 bits per heavy atom. The second kappa shape index (κ2) is 7.47. The van der Waals surface area contributed by atoms with E-state index in [0.717, 1.165) is 45.1 Å². The van der Waals surface area contributed by atoms with Crippen molar-refractivity contribution < 1.29 is 19.4 Å². The van der Waals surface area contributed by atoms with E-state index in [2.05, 4.69) is 10.6 Å². The predicted molar refractivity (Wildman–Crippen MR) is 73.5 cm³/mol. The lowest BCUT2D eigenvalue weighted by Gasteiger charge is -2.23. The van der Waals surface area contributed by atoms with Crippen molar-refractivity contribution in [2.75, 3.05) is 19.7 Å². The summed E-state index contributed by atoms with van der Waals surface area (Å²) < 4.78 is 5.53. The van der Waals surface area contributed by atoms with E-state index in [9.17, 15) is 9.59 Å². The van der Waals surface area contributed by atoms with Crippen molar-refractivity contribution in [1.82, 2.24) is 10.6 Å². The van der Waals surface area contributed by atoms with Crippen molar-refractivity contribution in [3.05, 3.63) is 0 Å². The van der Waals surface area contributed by atoms with E-state index in [1.54, 1.807) is 0 Å². The lowest BCUT2D eigenvalue weighted by molar-refractivity contribution is -0.142. The molecule has 1 heterocycles. The zero-order chi connectivity index (χ0) is 14.4. The van der Waals surface area contributed by atoms with Crippen molar-refractivity contribution in [1.29, 1.82) is 0 Å². The van der Waals surface area contributed by atoms with Gasteiger partial charge in [0.15, 0.2) is 0 Å². The van der Waals surface area contributed by atoms with Gasteiger partial charge in [0.25, 0.3) is 0 Å². The van der Waals surface area contributed by atoms with Gasteiger partial charge in [0, 0.05) is 19.7 Å². The minimum atomic E-state index is -0.745. The van der Waals surface area contributed by atoms with Gasteiger partial charge >= 0.3 is 12.0 Å². The minimum absolute atomic E-state index is 0.0594. The molecule has 1 saturated heterocycles. The molecule has 0 bridgehead atoms. The van der Waals surface area contributed by atoms with Crippen LogP contribution in [0.3, 0.4) is 0 Å². The quantitative estimate of drug-likeness (QED) is 0.711. The van der Waals surface area contributed by atoms with Gasteiger partial charge in [-0.25, -0.2) is 4.79 Å². The largest absolute Gasteiger partial charge is 0.481 e. The number of carboxylic acids is 1. The molecule has 2 rings (SSSR count). The monoisotopic (exact) mass is 284 g/mol. The molecule has 0 radical (unpaired) electrons. The van der Waals surface area contributed by atoms with E-state index in [-0.39, 0.29) is 24.0 Å². The molecule has 2 fully saturated rings. The van der Waals surface area contributed by atoms with Crippen LogP contribution in [-0.2, 0) is 9.53 Å². The van der Waals surface area contributed by atoms with Crippen LogP contribution in [0.2, 0.25) is 0 Å². The molecule has 6 nitrogen and oxygen atoms in total. The van der Waals surface area contributed by atoms with Gasteiger partial charge in [-0.05, 0) is 38.0 Å². The Hall–Kier alpha value is -1.30. The number of carbonyl (C=O) groups is 2. The fourth-order valence-electron chi connectivity index (χ4n) is 3.07. The number of urea groups is 1. The van der Waals surface area contributed by atoms with Crippen LogP contribution in [0, 0.1) is 11.8 Å². The van der Waals surface area contributed by atoms with Crippen LogP contribution in [-0.4, -0.2) is 42.9 Å². The van der Waals surface area contributed by atoms with Crippen LogP contribution in [0.5, 0.6) is 0 Å². The van der Waals surface area contributed by atoms with Crippen molar-refractivity contribution in [3.63, 3.8) is 0 Å². The average molecular weight is 284 g/mol. The summed E-state index contributed by atoms with van der Waals surface area (Å²) in [5.74, 6) is -0.994. The van der Waals surface area contributed by atoms with E-state index in [4.69, 9.17) is 9.84 Å². The standard InChI is InChI=1S/C14H24N2O4/c17-13(18)12-6-3-4-10(12)8-15-14(19)16-9-11-5-1-2-7-20-11/h10-12H,1-9H2,(H,17,18)(H2,15,16,19). The number of aliphatic carboxylic acids is 1. The topological polar surface area (TPSA) is 87.7 Å². The zero-order valence-electron chi connectivity index (χ0n) is 11.8. The first-order valence-electron chi connectivity index (χ1n) is 7.53. The maximum atomic E-state index is 11.7. The number of ether oxygens (including phenoxy) is 1. The van der Waals surface area contributed by atoms with Gasteiger partial charge in [-0.15, -0.1) is 0 Å². The van der Waals surface area contributed by atoms with E-state index in [1.807, 2.05) is 0 Å². The van der Waals surface area contributed by atoms with Crippen LogP contribution in [0.4, 0.5) is 4.79 Å². The predicted octanol–water partition coefficient (Wildman–Crippen LogP) is 1.36. The molecule has 1 aliphatic heterocycles. The van der Waals surface area contributed by atoms with Gasteiger partial charge in [-0.1, -0.05) is 6.42 Å². The molecule has 0 aromatic heterocycles. The van der Waals surface area contributed by atoms with Crippen molar-refractivity contribution in [3.8, 4) is 0 Å². The Morgan fingerprint density at radius 2 is 1.85 bits per heavy atom. The SMILES string of the molecule is O=C(NCC1CCCCO1)NCC1CCCC1C(=O)O. The molecule has 6 heteroatoms. The summed E-state index contributed by atoms with van der Waals surface area (Å²) in [6.45, 7) is 1.74. The first-order chi connectivity index (χ1) is 9.66. The number of hydrogen-bond donors (Lipinski definition) is 3. The molecule has 2 amide bonds. The normalized spacial score (nSPS) is 29.9. The third-order valence-corrected chi connectivity index (χ3v) is 4.27. The smallest absolute Gasteiger partial charge is 0.314 e. The number of rotatable bonds is 5. The Labute approximate surface area is 119 Å². The van der Waals surface area contributed by atoms with E-state index in [0.29, 0.717) is 13.1 Å². The Balaban J connectivity index is 1.63. The van der Waals surface area contributed by atoms with Crippen LogP contribution < -0.4 is 10.6 Å². The van der Waals surface area contributed by atoms with Gasteiger partial charge < -0.3 is 20.5 Å². The van der Waals surface area contributed by atoms with Gasteiger partial charge in [0.2, 0.25) is 0 Å². The van der Waals surface area contributed by atoms with Gasteiger partial charge in [0.05, 0.1) is 12.0 Å². The summed E-state index contributed by atoms with van der Waals surface area (Å²) in [5.41, 5.74) is 0. The van der Waals surface area contributed by atoms with Crippen molar-refractivity contribution in [2.45, 2.75) is 44.6 Å². The maximum absolute atomic E-state index is 11.7. The molecule has 114 valence electrons. The Morgan fingerprint density at radius 3 is 2.55 bits per heavy atom. The molecule has 0 aromatic rings. The lowest BCUT2D eigenvalue weighted by Crippen LogP contribution is -2.43. The van der Waals surface area contributed by atoms with E-state index >= 15 is 0 Å².